The van der Waals surface area contributed by atoms with Crippen molar-refractivity contribution < 1.29 is 42.7 Å². The van der Waals surface area contributed by atoms with Gasteiger partial charge in [-0.1, -0.05) is 30.3 Å². The van der Waals surface area contributed by atoms with Gasteiger partial charge in [0, 0.05) is 39.3 Å². The van der Waals surface area contributed by atoms with Crippen molar-refractivity contribution in [3.05, 3.63) is 89.1 Å². The van der Waals surface area contributed by atoms with Crippen molar-refractivity contribution in [2.24, 2.45) is 0 Å². The summed E-state index contributed by atoms with van der Waals surface area (Å²) in [6, 6.07) is 24.0. The third-order valence-electron chi connectivity index (χ3n) is 8.17. The highest BCUT2D eigenvalue weighted by Crippen LogP contribution is 2.44. The average molecular weight is 712 g/mol. The highest BCUT2D eigenvalue weighted by atomic mass is 32.2. The Labute approximate surface area is 298 Å². The van der Waals surface area contributed by atoms with Crippen molar-refractivity contribution >= 4 is 33.6 Å². The Morgan fingerprint density at radius 3 is 2.14 bits per heavy atom. The number of ether oxygens (including phenoxy) is 7. The van der Waals surface area contributed by atoms with Gasteiger partial charge >= 0.3 is 0 Å². The molecule has 0 bridgehead atoms. The van der Waals surface area contributed by atoms with Crippen molar-refractivity contribution in [3.63, 3.8) is 0 Å². The quantitative estimate of drug-likeness (QED) is 0.114. The van der Waals surface area contributed by atoms with Crippen LogP contribution in [0.2, 0.25) is 0 Å². The van der Waals surface area contributed by atoms with E-state index < -0.39 is 11.5 Å². The zero-order valence-electron chi connectivity index (χ0n) is 29.0. The molecule has 0 saturated carbocycles. The van der Waals surface area contributed by atoms with Crippen molar-refractivity contribution in [1.82, 2.24) is 4.98 Å². The Morgan fingerprint density at radius 2 is 1.45 bits per heavy atom. The molecule has 1 atom stereocenters. The molecule has 4 aromatic carbocycles. The molecule has 0 amide bonds. The lowest BCUT2D eigenvalue weighted by molar-refractivity contribution is 0.125. The average Bonchev–Trinajstić information content (AvgIpc) is 3.17. The van der Waals surface area contributed by atoms with Crippen LogP contribution in [0.15, 0.2) is 93.0 Å². The minimum Gasteiger partial charge on any atom is -0.497 e. The fraction of sp³-hybridized carbons (Fsp3) is 0.231. The topological polar surface area (TPSA) is 128 Å². The fourth-order valence-corrected chi connectivity index (χ4v) is 6.65. The summed E-state index contributed by atoms with van der Waals surface area (Å²) in [6.07, 6.45) is -0.983. The molecule has 6 aromatic rings. The normalized spacial score (nSPS) is 11.7. The van der Waals surface area contributed by atoms with E-state index in [4.69, 9.17) is 42.6 Å². The van der Waals surface area contributed by atoms with Gasteiger partial charge in [0.25, 0.3) is 0 Å². The van der Waals surface area contributed by atoms with Gasteiger partial charge < -0.3 is 42.7 Å². The van der Waals surface area contributed by atoms with Crippen LogP contribution >= 0.6 is 11.8 Å². The van der Waals surface area contributed by atoms with Crippen LogP contribution in [-0.4, -0.2) is 71.2 Å². The predicted molar refractivity (Wildman–Crippen MR) is 197 cm³/mol. The molecule has 0 saturated heterocycles. The van der Waals surface area contributed by atoms with Gasteiger partial charge in [-0.15, -0.1) is 11.8 Å². The predicted octanol–water partition coefficient (Wildman–Crippen LogP) is 7.26. The molecular formula is C39H37NO10S. The summed E-state index contributed by atoms with van der Waals surface area (Å²) in [5, 5.41) is 12.4. The van der Waals surface area contributed by atoms with Crippen LogP contribution in [0.5, 0.6) is 40.2 Å². The molecule has 0 aliphatic heterocycles. The van der Waals surface area contributed by atoms with Crippen LogP contribution in [0.4, 0.5) is 0 Å². The maximum Gasteiger partial charge on any atom is 0.239 e. The third kappa shape index (κ3) is 7.19. The van der Waals surface area contributed by atoms with E-state index >= 15 is 0 Å². The summed E-state index contributed by atoms with van der Waals surface area (Å²) < 4.78 is 45.5. The Morgan fingerprint density at radius 1 is 0.725 bits per heavy atom. The second-order valence-electron chi connectivity index (χ2n) is 11.2. The van der Waals surface area contributed by atoms with Gasteiger partial charge in [0.05, 0.1) is 60.0 Å². The Balaban J connectivity index is 1.35. The lowest BCUT2D eigenvalue weighted by atomic mass is 10.1. The highest BCUT2D eigenvalue weighted by molar-refractivity contribution is 7.99. The Kier molecular flexibility index (Phi) is 10.7. The summed E-state index contributed by atoms with van der Waals surface area (Å²) in [7, 11) is 9.06. The van der Waals surface area contributed by atoms with Crippen LogP contribution in [0, 0.1) is 0 Å². The van der Waals surface area contributed by atoms with E-state index in [0.29, 0.717) is 28.6 Å². The Hall–Kier alpha value is -5.59. The number of aromatic nitrogens is 1. The van der Waals surface area contributed by atoms with E-state index in [1.165, 1.54) is 47.3 Å². The second kappa shape index (κ2) is 15.5. The minimum atomic E-state index is -0.983. The van der Waals surface area contributed by atoms with Crippen LogP contribution in [0.25, 0.3) is 44.5 Å². The maximum absolute atomic E-state index is 14.2. The van der Waals surface area contributed by atoms with Gasteiger partial charge in [0.2, 0.25) is 16.9 Å². The molecule has 1 unspecified atom stereocenters. The molecule has 1 N–H and O–H groups in total. The summed E-state index contributed by atoms with van der Waals surface area (Å²) >= 11 is 1.46. The SMILES string of the molecule is COc1cccc(-c2cc(SCC(O)COc3c(-c4cc(OC)c(OC)c(OC)c4)oc4cc(OC)cc(OC)c4c3=O)c3ccccc3n2)c1. The number of aliphatic hydroxyl groups excluding tert-OH is 1. The van der Waals surface area contributed by atoms with Crippen LogP contribution in [0.3, 0.4) is 0 Å². The lowest BCUT2D eigenvalue weighted by Gasteiger charge is -2.18. The summed E-state index contributed by atoms with van der Waals surface area (Å²) in [5.41, 5.74) is 2.62. The number of pyridine rings is 1. The van der Waals surface area contributed by atoms with Gasteiger partial charge in [-0.2, -0.15) is 0 Å². The number of nitrogens with zero attached hydrogens (tertiary/aromatic N) is 1. The van der Waals surface area contributed by atoms with E-state index in [2.05, 4.69) is 0 Å². The number of rotatable bonds is 14. The molecule has 2 heterocycles. The first-order valence-electron chi connectivity index (χ1n) is 15.8. The van der Waals surface area contributed by atoms with Gasteiger partial charge in [-0.25, -0.2) is 4.98 Å². The molecule has 0 radical (unpaired) electrons. The number of methoxy groups -OCH3 is 6. The zero-order valence-corrected chi connectivity index (χ0v) is 29.8. The molecule has 0 spiro atoms. The Bertz CT molecular complexity index is 2230. The van der Waals surface area contributed by atoms with Crippen molar-refractivity contribution in [2.45, 2.75) is 11.0 Å². The van der Waals surface area contributed by atoms with Gasteiger partial charge in [-0.05, 0) is 36.4 Å². The molecule has 51 heavy (non-hydrogen) atoms. The number of para-hydroxylation sites is 1. The van der Waals surface area contributed by atoms with Crippen LogP contribution < -0.4 is 38.6 Å². The minimum absolute atomic E-state index is 0.0879. The molecular weight excluding hydrogens is 674 g/mol. The molecule has 0 fully saturated rings. The highest BCUT2D eigenvalue weighted by Gasteiger charge is 2.25. The molecule has 2 aromatic heterocycles. The molecule has 6 rings (SSSR count). The zero-order chi connectivity index (χ0) is 36.1. The number of benzene rings is 4. The summed E-state index contributed by atoms with van der Waals surface area (Å²) in [6.45, 7) is -0.217. The van der Waals surface area contributed by atoms with E-state index in [1.807, 2.05) is 54.6 Å². The molecule has 12 heteroatoms. The van der Waals surface area contributed by atoms with Crippen molar-refractivity contribution in [3.8, 4) is 62.8 Å². The number of hydrogen-bond acceptors (Lipinski definition) is 12. The lowest BCUT2D eigenvalue weighted by Crippen LogP contribution is -2.23. The third-order valence-corrected chi connectivity index (χ3v) is 9.37. The first-order chi connectivity index (χ1) is 24.8. The smallest absolute Gasteiger partial charge is 0.239 e. The first kappa shape index (κ1) is 35.2. The van der Waals surface area contributed by atoms with Gasteiger partial charge in [0.15, 0.2) is 17.3 Å². The number of fused-ring (bicyclic) bond motifs is 2. The van der Waals surface area contributed by atoms with E-state index in [9.17, 15) is 9.90 Å². The van der Waals surface area contributed by atoms with E-state index in [0.717, 1.165) is 32.8 Å². The molecule has 0 aliphatic carbocycles. The van der Waals surface area contributed by atoms with E-state index in [-0.39, 0.29) is 40.6 Å². The van der Waals surface area contributed by atoms with Gasteiger partial charge in [-0.3, -0.25) is 4.79 Å². The standard InChI is InChI=1S/C39H37NO10S/c1-43-25-11-9-10-22(14-25)29-19-34(27-12-7-8-13-28(27)40-29)51-21-24(41)20-49-39-36(42)35-30(45-3)17-26(44-2)18-31(35)50-37(39)23-15-32(46-4)38(48-6)33(16-23)47-5/h7-19,24,41H,20-21H2,1-6H3. The fourth-order valence-electron chi connectivity index (χ4n) is 5.66. The molecule has 264 valence electrons. The second-order valence-corrected chi connectivity index (χ2v) is 12.3. The van der Waals surface area contributed by atoms with Crippen LogP contribution in [0.1, 0.15) is 0 Å². The molecule has 11 nitrogen and oxygen atoms in total. The summed E-state index contributed by atoms with van der Waals surface area (Å²) in [4.78, 5) is 20.0. The first-order valence-corrected chi connectivity index (χ1v) is 16.8. The van der Waals surface area contributed by atoms with Crippen molar-refractivity contribution in [1.29, 1.82) is 0 Å². The van der Waals surface area contributed by atoms with Crippen LogP contribution in [-0.2, 0) is 0 Å². The van der Waals surface area contributed by atoms with Gasteiger partial charge in [0.1, 0.15) is 34.8 Å². The number of aliphatic hydroxyl groups is 1. The molecule has 0 aliphatic rings. The summed E-state index contributed by atoms with van der Waals surface area (Å²) in [5.74, 6) is 2.67. The monoisotopic (exact) mass is 711 g/mol. The maximum atomic E-state index is 14.2. The number of thioether (sulfide) groups is 1. The number of hydrogen-bond donors (Lipinski definition) is 1. The van der Waals surface area contributed by atoms with Crippen molar-refractivity contribution in [2.75, 3.05) is 55.0 Å². The largest absolute Gasteiger partial charge is 0.497 e. The van der Waals surface area contributed by atoms with E-state index in [1.54, 1.807) is 31.4 Å².